The van der Waals surface area contributed by atoms with Crippen LogP contribution in [-0.4, -0.2) is 28.2 Å². The molecule has 0 saturated heterocycles. The van der Waals surface area contributed by atoms with Gasteiger partial charge in [-0.25, -0.2) is 13.4 Å². The number of hydrogen-bond donors (Lipinski definition) is 1. The van der Waals surface area contributed by atoms with E-state index in [1.54, 1.807) is 34.2 Å². The van der Waals surface area contributed by atoms with Gasteiger partial charge in [0.15, 0.2) is 0 Å². The summed E-state index contributed by atoms with van der Waals surface area (Å²) in [6, 6.07) is 6.54. The Bertz CT molecular complexity index is 780. The molecule has 7 nitrogen and oxygen atoms in total. The van der Waals surface area contributed by atoms with Crippen LogP contribution in [0.5, 0.6) is 0 Å². The zero-order valence-corrected chi connectivity index (χ0v) is 11.7. The van der Waals surface area contributed by atoms with Crippen LogP contribution in [0.3, 0.4) is 0 Å². The van der Waals surface area contributed by atoms with E-state index in [4.69, 9.17) is 0 Å². The highest BCUT2D eigenvalue weighted by atomic mass is 32.2. The molecule has 1 N–H and O–H groups in total. The van der Waals surface area contributed by atoms with Crippen molar-refractivity contribution < 1.29 is 8.42 Å². The van der Waals surface area contributed by atoms with Crippen LogP contribution in [-0.2, 0) is 10.0 Å². The van der Waals surface area contributed by atoms with Crippen molar-refractivity contribution in [2.24, 2.45) is 0 Å². The third-order valence-electron chi connectivity index (χ3n) is 2.44. The Morgan fingerprint density at radius 1 is 1.15 bits per heavy atom. The molecule has 0 radical (unpaired) electrons. The highest BCUT2D eigenvalue weighted by Crippen LogP contribution is 2.20. The lowest BCUT2D eigenvalue weighted by atomic mass is 10.4. The van der Waals surface area contributed by atoms with Crippen molar-refractivity contribution in [2.45, 2.75) is 4.21 Å². The van der Waals surface area contributed by atoms with Crippen molar-refractivity contribution in [1.82, 2.24) is 19.7 Å². The van der Waals surface area contributed by atoms with Crippen LogP contribution < -0.4 is 4.72 Å². The van der Waals surface area contributed by atoms with Gasteiger partial charge in [-0.1, -0.05) is 6.07 Å². The first-order valence-corrected chi connectivity index (χ1v) is 7.89. The minimum absolute atomic E-state index is 0.264. The molecule has 3 aromatic rings. The smallest absolute Gasteiger partial charge is 0.271 e. The molecule has 0 amide bonds. The van der Waals surface area contributed by atoms with Crippen LogP contribution in [0.2, 0.25) is 0 Å². The molecule has 0 aliphatic carbocycles. The second-order valence-electron chi connectivity index (χ2n) is 3.81. The van der Waals surface area contributed by atoms with E-state index in [-0.39, 0.29) is 4.21 Å². The topological polar surface area (TPSA) is 89.8 Å². The van der Waals surface area contributed by atoms with Crippen LogP contribution >= 0.6 is 11.3 Å². The van der Waals surface area contributed by atoms with E-state index in [0.29, 0.717) is 11.5 Å². The SMILES string of the molecule is O=S(=O)(Nc1ccc(-n2cnnc2)nc1)c1cccs1. The summed E-state index contributed by atoms with van der Waals surface area (Å²) in [7, 11) is -3.54. The molecule has 0 spiro atoms. The summed E-state index contributed by atoms with van der Waals surface area (Å²) in [4.78, 5) is 4.15. The molecular weight excluding hydrogens is 298 g/mol. The van der Waals surface area contributed by atoms with E-state index in [1.807, 2.05) is 0 Å². The average Bonchev–Trinajstić information content (AvgIpc) is 3.13. The lowest BCUT2D eigenvalue weighted by molar-refractivity contribution is 0.603. The van der Waals surface area contributed by atoms with Gasteiger partial charge >= 0.3 is 0 Å². The molecule has 0 aliphatic heterocycles. The Balaban J connectivity index is 1.83. The number of sulfonamides is 1. The van der Waals surface area contributed by atoms with Gasteiger partial charge in [0.05, 0.1) is 11.9 Å². The number of anilines is 1. The highest BCUT2D eigenvalue weighted by molar-refractivity contribution is 7.94. The summed E-state index contributed by atoms with van der Waals surface area (Å²) >= 11 is 1.16. The fourth-order valence-electron chi connectivity index (χ4n) is 1.54. The summed E-state index contributed by atoms with van der Waals surface area (Å²) in [5.74, 6) is 0.606. The number of aromatic nitrogens is 4. The summed E-state index contributed by atoms with van der Waals surface area (Å²) < 4.78 is 28.4. The number of hydrogen-bond acceptors (Lipinski definition) is 6. The predicted octanol–water partition coefficient (Wildman–Crippen LogP) is 1.52. The van der Waals surface area contributed by atoms with Gasteiger partial charge in [-0.15, -0.1) is 21.5 Å². The minimum Gasteiger partial charge on any atom is -0.277 e. The maximum Gasteiger partial charge on any atom is 0.271 e. The maximum atomic E-state index is 12.0. The number of rotatable bonds is 4. The van der Waals surface area contributed by atoms with E-state index >= 15 is 0 Å². The van der Waals surface area contributed by atoms with Gasteiger partial charge in [0.2, 0.25) is 0 Å². The molecule has 3 heterocycles. The van der Waals surface area contributed by atoms with Crippen LogP contribution in [0.4, 0.5) is 5.69 Å². The Morgan fingerprint density at radius 2 is 1.95 bits per heavy atom. The Labute approximate surface area is 119 Å². The van der Waals surface area contributed by atoms with Gasteiger partial charge in [0.1, 0.15) is 22.7 Å². The average molecular weight is 307 g/mol. The molecule has 0 unspecified atom stereocenters. The largest absolute Gasteiger partial charge is 0.277 e. The molecule has 0 aliphatic rings. The van der Waals surface area contributed by atoms with Gasteiger partial charge in [0, 0.05) is 0 Å². The normalized spacial score (nSPS) is 11.4. The summed E-state index contributed by atoms with van der Waals surface area (Å²) in [5.41, 5.74) is 0.398. The van der Waals surface area contributed by atoms with Gasteiger partial charge in [-0.3, -0.25) is 9.29 Å². The maximum absolute atomic E-state index is 12.0. The molecule has 9 heteroatoms. The van der Waals surface area contributed by atoms with Crippen molar-refractivity contribution in [1.29, 1.82) is 0 Å². The second-order valence-corrected chi connectivity index (χ2v) is 6.67. The summed E-state index contributed by atoms with van der Waals surface area (Å²) in [5, 5.41) is 9.06. The summed E-state index contributed by atoms with van der Waals surface area (Å²) in [6.45, 7) is 0. The van der Waals surface area contributed by atoms with E-state index in [2.05, 4.69) is 19.9 Å². The number of pyridine rings is 1. The lowest BCUT2D eigenvalue weighted by Crippen LogP contribution is -2.11. The fourth-order valence-corrected chi connectivity index (χ4v) is 3.58. The van der Waals surface area contributed by atoms with Crippen molar-refractivity contribution in [3.8, 4) is 5.82 Å². The molecule has 102 valence electrons. The van der Waals surface area contributed by atoms with E-state index < -0.39 is 10.0 Å². The molecular formula is C11H9N5O2S2. The first kappa shape index (κ1) is 12.8. The minimum atomic E-state index is -3.54. The molecule has 3 aromatic heterocycles. The van der Waals surface area contributed by atoms with Gasteiger partial charge in [-0.2, -0.15) is 0 Å². The van der Waals surface area contributed by atoms with Gasteiger partial charge in [-0.05, 0) is 23.6 Å². The van der Waals surface area contributed by atoms with Crippen LogP contribution in [0.15, 0.2) is 52.7 Å². The Hall–Kier alpha value is -2.26. The monoisotopic (exact) mass is 307 g/mol. The molecule has 3 rings (SSSR count). The van der Waals surface area contributed by atoms with Crippen molar-refractivity contribution in [2.75, 3.05) is 4.72 Å². The second kappa shape index (κ2) is 5.02. The van der Waals surface area contributed by atoms with Crippen LogP contribution in [0, 0.1) is 0 Å². The molecule has 0 aromatic carbocycles. The standard InChI is InChI=1S/C11H9N5O2S2/c17-20(18,11-2-1-5-19-11)15-9-3-4-10(12-6-9)16-7-13-14-8-16/h1-8,15H. The van der Waals surface area contributed by atoms with Crippen molar-refractivity contribution >= 4 is 27.0 Å². The van der Waals surface area contributed by atoms with E-state index in [9.17, 15) is 8.42 Å². The lowest BCUT2D eigenvalue weighted by Gasteiger charge is -2.06. The van der Waals surface area contributed by atoms with Crippen LogP contribution in [0.1, 0.15) is 0 Å². The number of nitrogens with zero attached hydrogens (tertiary/aromatic N) is 4. The molecule has 20 heavy (non-hydrogen) atoms. The zero-order chi connectivity index (χ0) is 14.0. The molecule has 0 fully saturated rings. The first-order chi connectivity index (χ1) is 9.65. The highest BCUT2D eigenvalue weighted by Gasteiger charge is 2.15. The number of thiophene rings is 1. The molecule has 0 saturated carbocycles. The van der Waals surface area contributed by atoms with Gasteiger partial charge in [0.25, 0.3) is 10.0 Å². The summed E-state index contributed by atoms with van der Waals surface area (Å²) in [6.07, 6.45) is 4.47. The van der Waals surface area contributed by atoms with E-state index in [0.717, 1.165) is 11.3 Å². The number of nitrogens with one attached hydrogen (secondary N) is 1. The molecule has 0 bridgehead atoms. The first-order valence-electron chi connectivity index (χ1n) is 5.52. The zero-order valence-electron chi connectivity index (χ0n) is 10.0. The van der Waals surface area contributed by atoms with Crippen molar-refractivity contribution in [3.63, 3.8) is 0 Å². The van der Waals surface area contributed by atoms with Crippen molar-refractivity contribution in [3.05, 3.63) is 48.5 Å². The molecule has 0 atom stereocenters. The quantitative estimate of drug-likeness (QED) is 0.789. The Kier molecular flexibility index (Phi) is 3.20. The Morgan fingerprint density at radius 3 is 2.55 bits per heavy atom. The van der Waals surface area contributed by atoms with Gasteiger partial charge < -0.3 is 0 Å². The predicted molar refractivity (Wildman–Crippen MR) is 74.3 cm³/mol. The third kappa shape index (κ3) is 2.53. The van der Waals surface area contributed by atoms with E-state index in [1.165, 1.54) is 18.9 Å². The fraction of sp³-hybridized carbons (Fsp3) is 0. The third-order valence-corrected chi connectivity index (χ3v) is 5.22. The van der Waals surface area contributed by atoms with Crippen LogP contribution in [0.25, 0.3) is 5.82 Å².